The number of aromatic nitrogens is 4. The van der Waals surface area contributed by atoms with E-state index in [9.17, 15) is 4.79 Å². The maximum atomic E-state index is 12.2. The Hall–Kier alpha value is -3.12. The van der Waals surface area contributed by atoms with Crippen LogP contribution in [0.5, 0.6) is 0 Å². The van der Waals surface area contributed by atoms with Crippen molar-refractivity contribution in [3.05, 3.63) is 75.5 Å². The van der Waals surface area contributed by atoms with Gasteiger partial charge < -0.3 is 9.55 Å². The summed E-state index contributed by atoms with van der Waals surface area (Å²) in [6, 6.07) is 11.1. The van der Waals surface area contributed by atoms with Gasteiger partial charge in [-0.15, -0.1) is 0 Å². The minimum absolute atomic E-state index is 0.0583. The van der Waals surface area contributed by atoms with Crippen LogP contribution in [0.1, 0.15) is 60.9 Å². The molecular formula is C28H35N5O. The molecule has 1 fully saturated rings. The minimum Gasteiger partial charge on any atom is -0.354 e. The maximum absolute atomic E-state index is 12.2. The van der Waals surface area contributed by atoms with Crippen molar-refractivity contribution in [1.29, 1.82) is 0 Å². The van der Waals surface area contributed by atoms with Crippen LogP contribution in [-0.2, 0) is 20.6 Å². The molecule has 1 saturated heterocycles. The van der Waals surface area contributed by atoms with Gasteiger partial charge in [-0.25, -0.2) is 0 Å². The van der Waals surface area contributed by atoms with Crippen LogP contribution in [0, 0.1) is 6.92 Å². The fourth-order valence-electron chi connectivity index (χ4n) is 5.54. The highest BCUT2D eigenvalue weighted by Gasteiger charge is 2.23. The highest BCUT2D eigenvalue weighted by molar-refractivity contribution is 5.92. The Morgan fingerprint density at radius 2 is 1.88 bits per heavy atom. The molecule has 0 radical (unpaired) electrons. The standard InChI is InChI=1S/C28H35N5O/c1-18(2)26-24-15-21(20-9-12-33(13-10-20)17-23-8-11-29-32(23)5)6-7-25(24)30-27(26)22-14-19(3)28(34)31(4)16-22/h6-8,11,14-16,18,20,30H,9-10,12-13,17H2,1-5H3. The molecule has 0 atom stereocenters. The van der Waals surface area contributed by atoms with E-state index in [1.54, 1.807) is 4.57 Å². The molecule has 4 heterocycles. The number of aryl methyl sites for hydroxylation is 3. The smallest absolute Gasteiger partial charge is 0.253 e. The number of H-pyrrole nitrogens is 1. The molecule has 1 N–H and O–H groups in total. The van der Waals surface area contributed by atoms with Crippen molar-refractivity contribution in [1.82, 2.24) is 24.2 Å². The summed E-state index contributed by atoms with van der Waals surface area (Å²) in [7, 11) is 3.85. The maximum Gasteiger partial charge on any atom is 0.253 e. The predicted molar refractivity (Wildman–Crippen MR) is 138 cm³/mol. The molecule has 178 valence electrons. The summed E-state index contributed by atoms with van der Waals surface area (Å²) in [6.45, 7) is 9.60. The van der Waals surface area contributed by atoms with Crippen LogP contribution in [0.15, 0.2) is 47.5 Å². The summed E-state index contributed by atoms with van der Waals surface area (Å²) in [5.41, 5.74) is 8.25. The van der Waals surface area contributed by atoms with Crippen LogP contribution in [0.25, 0.3) is 22.2 Å². The zero-order valence-electron chi connectivity index (χ0n) is 20.9. The summed E-state index contributed by atoms with van der Waals surface area (Å²) >= 11 is 0. The summed E-state index contributed by atoms with van der Waals surface area (Å²) in [4.78, 5) is 18.5. The first-order chi connectivity index (χ1) is 16.3. The Balaban J connectivity index is 1.43. The quantitative estimate of drug-likeness (QED) is 0.455. The van der Waals surface area contributed by atoms with Gasteiger partial charge in [0.25, 0.3) is 5.56 Å². The Kier molecular flexibility index (Phi) is 5.94. The molecule has 4 aromatic rings. The minimum atomic E-state index is 0.0583. The summed E-state index contributed by atoms with van der Waals surface area (Å²) < 4.78 is 3.66. The summed E-state index contributed by atoms with van der Waals surface area (Å²) in [5, 5.41) is 5.62. The highest BCUT2D eigenvalue weighted by Crippen LogP contribution is 2.38. The van der Waals surface area contributed by atoms with Gasteiger partial charge in [-0.2, -0.15) is 5.10 Å². The first-order valence-corrected chi connectivity index (χ1v) is 12.3. The fourth-order valence-corrected chi connectivity index (χ4v) is 5.54. The molecule has 3 aromatic heterocycles. The molecule has 0 bridgehead atoms. The third-order valence-corrected chi connectivity index (χ3v) is 7.46. The van der Waals surface area contributed by atoms with E-state index in [4.69, 9.17) is 0 Å². The molecule has 0 unspecified atom stereocenters. The largest absolute Gasteiger partial charge is 0.354 e. The number of hydrogen-bond donors (Lipinski definition) is 1. The molecule has 0 aliphatic carbocycles. The van der Waals surface area contributed by atoms with Gasteiger partial charge in [0.15, 0.2) is 0 Å². The second-order valence-electron chi connectivity index (χ2n) is 10.2. The number of hydrogen-bond acceptors (Lipinski definition) is 3. The Bertz CT molecular complexity index is 1360. The molecule has 0 spiro atoms. The van der Waals surface area contributed by atoms with Gasteiger partial charge in [0.05, 0.1) is 11.4 Å². The molecule has 1 aromatic carbocycles. The van der Waals surface area contributed by atoms with Crippen molar-refractivity contribution >= 4 is 10.9 Å². The third kappa shape index (κ3) is 4.11. The van der Waals surface area contributed by atoms with Crippen molar-refractivity contribution in [3.63, 3.8) is 0 Å². The SMILES string of the molecule is Cc1cc(-c2[nH]c3ccc(C4CCN(Cc5ccnn5C)CC4)cc3c2C(C)C)cn(C)c1=O. The molecule has 6 nitrogen and oxygen atoms in total. The van der Waals surface area contributed by atoms with E-state index in [1.807, 2.05) is 44.2 Å². The number of likely N-dealkylation sites (tertiary alicyclic amines) is 1. The van der Waals surface area contributed by atoms with E-state index in [0.717, 1.165) is 36.5 Å². The number of aromatic amines is 1. The van der Waals surface area contributed by atoms with Crippen LogP contribution >= 0.6 is 0 Å². The number of nitrogens with zero attached hydrogens (tertiary/aromatic N) is 4. The van der Waals surface area contributed by atoms with E-state index >= 15 is 0 Å². The van der Waals surface area contributed by atoms with Crippen LogP contribution < -0.4 is 5.56 Å². The lowest BCUT2D eigenvalue weighted by Crippen LogP contribution is -2.33. The van der Waals surface area contributed by atoms with Gasteiger partial charge in [-0.05, 0) is 80.1 Å². The summed E-state index contributed by atoms with van der Waals surface area (Å²) in [5.74, 6) is 0.961. The zero-order valence-corrected chi connectivity index (χ0v) is 20.9. The van der Waals surface area contributed by atoms with Gasteiger partial charge in [-0.3, -0.25) is 14.4 Å². The average molecular weight is 458 g/mol. The average Bonchev–Trinajstić information content (AvgIpc) is 3.40. The van der Waals surface area contributed by atoms with Crippen molar-refractivity contribution in [2.45, 2.75) is 52.0 Å². The number of rotatable bonds is 5. The van der Waals surface area contributed by atoms with Gasteiger partial charge >= 0.3 is 0 Å². The molecule has 1 aliphatic rings. The lowest BCUT2D eigenvalue weighted by Gasteiger charge is -2.32. The van der Waals surface area contributed by atoms with Gasteiger partial charge in [-0.1, -0.05) is 19.9 Å². The number of benzene rings is 1. The molecular weight excluding hydrogens is 422 g/mol. The first-order valence-electron chi connectivity index (χ1n) is 12.3. The van der Waals surface area contributed by atoms with Crippen LogP contribution in [-0.4, -0.2) is 37.3 Å². The Morgan fingerprint density at radius 1 is 1.12 bits per heavy atom. The third-order valence-electron chi connectivity index (χ3n) is 7.46. The molecule has 6 heteroatoms. The summed E-state index contributed by atoms with van der Waals surface area (Å²) in [6.07, 6.45) is 6.19. The van der Waals surface area contributed by atoms with E-state index in [1.165, 1.54) is 40.6 Å². The molecule has 0 amide bonds. The van der Waals surface area contributed by atoms with Crippen LogP contribution in [0.2, 0.25) is 0 Å². The first kappa shape index (κ1) is 22.7. The van der Waals surface area contributed by atoms with Crippen molar-refractivity contribution in [2.24, 2.45) is 14.1 Å². The molecule has 1 aliphatic heterocycles. The van der Waals surface area contributed by atoms with E-state index in [-0.39, 0.29) is 5.56 Å². The van der Waals surface area contributed by atoms with Gasteiger partial charge in [0.1, 0.15) is 0 Å². The van der Waals surface area contributed by atoms with E-state index in [2.05, 4.69) is 53.1 Å². The lowest BCUT2D eigenvalue weighted by atomic mass is 9.87. The second-order valence-corrected chi connectivity index (χ2v) is 10.2. The zero-order chi connectivity index (χ0) is 24.0. The molecule has 5 rings (SSSR count). The van der Waals surface area contributed by atoms with Gasteiger partial charge in [0.2, 0.25) is 0 Å². The van der Waals surface area contributed by atoms with Crippen molar-refractivity contribution in [3.8, 4) is 11.3 Å². The fraction of sp³-hybridized carbons (Fsp3) is 0.429. The van der Waals surface area contributed by atoms with Crippen LogP contribution in [0.4, 0.5) is 0 Å². The number of nitrogens with one attached hydrogen (secondary N) is 1. The lowest BCUT2D eigenvalue weighted by molar-refractivity contribution is 0.200. The predicted octanol–water partition coefficient (Wildman–Crippen LogP) is 5.08. The van der Waals surface area contributed by atoms with Crippen molar-refractivity contribution < 1.29 is 0 Å². The second kappa shape index (κ2) is 8.91. The normalized spacial score (nSPS) is 15.6. The molecule has 34 heavy (non-hydrogen) atoms. The Labute approximate surface area is 201 Å². The number of fused-ring (bicyclic) bond motifs is 1. The van der Waals surface area contributed by atoms with E-state index in [0.29, 0.717) is 11.8 Å². The molecule has 0 saturated carbocycles. The monoisotopic (exact) mass is 457 g/mol. The van der Waals surface area contributed by atoms with Crippen LogP contribution in [0.3, 0.4) is 0 Å². The highest BCUT2D eigenvalue weighted by atomic mass is 16.1. The topological polar surface area (TPSA) is 58.9 Å². The van der Waals surface area contributed by atoms with Gasteiger partial charge in [0, 0.05) is 55.1 Å². The number of piperidine rings is 1. The van der Waals surface area contributed by atoms with E-state index < -0.39 is 0 Å². The number of pyridine rings is 1. The Morgan fingerprint density at radius 3 is 2.53 bits per heavy atom. The van der Waals surface area contributed by atoms with Crippen molar-refractivity contribution in [2.75, 3.05) is 13.1 Å².